The van der Waals surface area contributed by atoms with Gasteiger partial charge >= 0.3 is 5.97 Å². The lowest BCUT2D eigenvalue weighted by Gasteiger charge is -2.36. The molecule has 1 aliphatic rings. The third-order valence-electron chi connectivity index (χ3n) is 6.65. The number of rotatable bonds is 8. The molecule has 0 atom stereocenters. The molecule has 1 aliphatic heterocycles. The van der Waals surface area contributed by atoms with Crippen molar-refractivity contribution in [3.8, 4) is 16.9 Å². The monoisotopic (exact) mass is 503 g/mol. The van der Waals surface area contributed by atoms with E-state index < -0.39 is 5.97 Å². The van der Waals surface area contributed by atoms with Crippen LogP contribution in [0, 0.1) is 25.6 Å². The van der Waals surface area contributed by atoms with Crippen LogP contribution in [0.25, 0.3) is 21.2 Å². The molecule has 0 aliphatic carbocycles. The number of carboxylic acids is 1. The van der Waals surface area contributed by atoms with Gasteiger partial charge in [0, 0.05) is 40.8 Å². The number of ether oxygens (including phenoxy) is 1. The number of benzene rings is 3. The van der Waals surface area contributed by atoms with E-state index >= 15 is 0 Å². The molecule has 3 aromatic carbocycles. The van der Waals surface area contributed by atoms with Crippen LogP contribution in [0.3, 0.4) is 0 Å². The fourth-order valence-electron chi connectivity index (χ4n) is 4.79. The van der Waals surface area contributed by atoms with Crippen LogP contribution < -0.4 is 4.74 Å². The lowest BCUT2D eigenvalue weighted by Crippen LogP contribution is -2.51. The summed E-state index contributed by atoms with van der Waals surface area (Å²) < 4.78 is 20.8. The molecule has 0 amide bonds. The molecule has 4 aromatic rings. The van der Waals surface area contributed by atoms with Gasteiger partial charge in [-0.2, -0.15) is 0 Å². The minimum absolute atomic E-state index is 0.101. The molecule has 1 N–H and O–H groups in total. The Bertz CT molecular complexity index is 1430. The largest absolute Gasteiger partial charge is 0.492 e. The van der Waals surface area contributed by atoms with E-state index in [-0.39, 0.29) is 17.5 Å². The molecule has 0 saturated carbocycles. The molecule has 0 radical (unpaired) electrons. The van der Waals surface area contributed by atoms with E-state index in [1.807, 2.05) is 48.5 Å². The van der Waals surface area contributed by atoms with Gasteiger partial charge in [0.25, 0.3) is 0 Å². The second-order valence-electron chi connectivity index (χ2n) is 9.21. The number of carboxylic acid groups (broad SMARTS) is 1. The van der Waals surface area contributed by atoms with E-state index in [9.17, 15) is 14.0 Å². The highest BCUT2D eigenvalue weighted by Crippen LogP contribution is 2.41. The van der Waals surface area contributed by atoms with Gasteiger partial charge in [-0.15, -0.1) is 11.3 Å². The predicted molar refractivity (Wildman–Crippen MR) is 140 cm³/mol. The Morgan fingerprint density at radius 1 is 1.06 bits per heavy atom. The molecular weight excluding hydrogens is 477 g/mol. The molecule has 7 heteroatoms. The third-order valence-corrected chi connectivity index (χ3v) is 7.82. The van der Waals surface area contributed by atoms with Crippen molar-refractivity contribution in [3.63, 3.8) is 0 Å². The second kappa shape index (κ2) is 9.84. The maximum absolute atomic E-state index is 13.9. The van der Waals surface area contributed by atoms with Gasteiger partial charge in [0.2, 0.25) is 5.78 Å². The first-order chi connectivity index (χ1) is 17.3. The Kier molecular flexibility index (Phi) is 6.60. The van der Waals surface area contributed by atoms with Gasteiger partial charge in [0.05, 0.1) is 10.8 Å². The number of halogens is 1. The highest BCUT2D eigenvalue weighted by molar-refractivity contribution is 7.21. The summed E-state index contributed by atoms with van der Waals surface area (Å²) in [5.74, 6) is -0.748. The average molecular weight is 504 g/mol. The maximum Gasteiger partial charge on any atom is 0.309 e. The zero-order valence-electron chi connectivity index (χ0n) is 20.1. The van der Waals surface area contributed by atoms with Crippen molar-refractivity contribution in [3.05, 3.63) is 88.0 Å². The van der Waals surface area contributed by atoms with E-state index in [2.05, 4.69) is 4.90 Å². The second-order valence-corrected chi connectivity index (χ2v) is 10.3. The molecule has 1 saturated heterocycles. The summed E-state index contributed by atoms with van der Waals surface area (Å²) in [6.45, 7) is 5.81. The standard InChI is InChI=1S/C29H26FNO4S/c1-17-13-21(30)14-18(2)25(17)27(32)28-26(23-5-3-4-6-24(23)36-28)19-7-9-22(10-8-19)35-12-11-31-15-20(16-31)29(33)34/h3-10,13-14,20H,11-12,15-16H2,1-2H3,(H,33,34). The summed E-state index contributed by atoms with van der Waals surface area (Å²) in [7, 11) is 0. The van der Waals surface area contributed by atoms with E-state index in [1.54, 1.807) is 13.8 Å². The number of aryl methyl sites for hydroxylation is 2. The number of aliphatic carboxylic acids is 1. The van der Waals surface area contributed by atoms with Crippen LogP contribution in [0.4, 0.5) is 4.39 Å². The Morgan fingerprint density at radius 3 is 2.39 bits per heavy atom. The molecule has 0 unspecified atom stereocenters. The summed E-state index contributed by atoms with van der Waals surface area (Å²) >= 11 is 1.45. The van der Waals surface area contributed by atoms with Crippen LogP contribution in [0.2, 0.25) is 0 Å². The fourth-order valence-corrected chi connectivity index (χ4v) is 5.96. The van der Waals surface area contributed by atoms with Gasteiger partial charge in [-0.05, 0) is 60.9 Å². The quantitative estimate of drug-likeness (QED) is 0.301. The Labute approximate surface area is 212 Å². The Hall–Kier alpha value is -3.55. The molecular formula is C29H26FNO4S. The van der Waals surface area contributed by atoms with Gasteiger partial charge < -0.3 is 9.84 Å². The number of ketones is 1. The number of likely N-dealkylation sites (tertiary alicyclic amines) is 1. The molecule has 1 aromatic heterocycles. The van der Waals surface area contributed by atoms with Crippen molar-refractivity contribution >= 4 is 33.2 Å². The van der Waals surface area contributed by atoms with Gasteiger partial charge in [0.1, 0.15) is 18.2 Å². The van der Waals surface area contributed by atoms with E-state index in [0.29, 0.717) is 53.6 Å². The molecule has 5 nitrogen and oxygen atoms in total. The highest BCUT2D eigenvalue weighted by Gasteiger charge is 2.32. The first kappa shape index (κ1) is 24.2. The summed E-state index contributed by atoms with van der Waals surface area (Å²) in [6, 6.07) is 18.4. The van der Waals surface area contributed by atoms with E-state index in [0.717, 1.165) is 21.2 Å². The third kappa shape index (κ3) is 4.64. The van der Waals surface area contributed by atoms with Crippen LogP contribution in [0.15, 0.2) is 60.7 Å². The maximum atomic E-state index is 13.9. The van der Waals surface area contributed by atoms with Crippen LogP contribution in [0.1, 0.15) is 26.4 Å². The van der Waals surface area contributed by atoms with Crippen LogP contribution in [-0.2, 0) is 4.79 Å². The van der Waals surface area contributed by atoms with Crippen molar-refractivity contribution in [2.24, 2.45) is 5.92 Å². The van der Waals surface area contributed by atoms with Gasteiger partial charge in [-0.1, -0.05) is 30.3 Å². The van der Waals surface area contributed by atoms with Gasteiger partial charge in [0.15, 0.2) is 0 Å². The normalized spacial score (nSPS) is 14.1. The zero-order chi connectivity index (χ0) is 25.4. The molecule has 0 bridgehead atoms. The number of carbonyl (C=O) groups is 2. The van der Waals surface area contributed by atoms with E-state index in [4.69, 9.17) is 9.84 Å². The molecule has 36 heavy (non-hydrogen) atoms. The lowest BCUT2D eigenvalue weighted by molar-refractivity contribution is -0.147. The summed E-state index contributed by atoms with van der Waals surface area (Å²) in [4.78, 5) is 27.4. The lowest BCUT2D eigenvalue weighted by atomic mass is 9.94. The van der Waals surface area contributed by atoms with Crippen LogP contribution in [-0.4, -0.2) is 48.0 Å². The van der Waals surface area contributed by atoms with E-state index in [1.165, 1.54) is 23.5 Å². The van der Waals surface area contributed by atoms with Crippen molar-refractivity contribution < 1.29 is 23.8 Å². The minimum atomic E-state index is -0.744. The van der Waals surface area contributed by atoms with Crippen molar-refractivity contribution in [1.29, 1.82) is 0 Å². The first-order valence-corrected chi connectivity index (χ1v) is 12.6. The molecule has 1 fully saturated rings. The SMILES string of the molecule is Cc1cc(F)cc(C)c1C(=O)c1sc2ccccc2c1-c1ccc(OCCN2CC(C(=O)O)C2)cc1. The van der Waals surface area contributed by atoms with Crippen LogP contribution >= 0.6 is 11.3 Å². The Morgan fingerprint density at radius 2 is 1.72 bits per heavy atom. The van der Waals surface area contributed by atoms with Crippen LogP contribution in [0.5, 0.6) is 5.75 Å². The topological polar surface area (TPSA) is 66.8 Å². The van der Waals surface area contributed by atoms with Crippen molar-refractivity contribution in [2.45, 2.75) is 13.8 Å². The predicted octanol–water partition coefficient (Wildman–Crippen LogP) is 5.95. The summed E-state index contributed by atoms with van der Waals surface area (Å²) in [6.07, 6.45) is 0. The average Bonchev–Trinajstić information content (AvgIpc) is 3.19. The number of hydrogen-bond donors (Lipinski definition) is 1. The molecule has 2 heterocycles. The summed E-state index contributed by atoms with van der Waals surface area (Å²) in [5.41, 5.74) is 3.58. The molecule has 184 valence electrons. The summed E-state index contributed by atoms with van der Waals surface area (Å²) in [5, 5.41) is 9.99. The fraction of sp³-hybridized carbons (Fsp3) is 0.241. The molecule has 5 rings (SSSR count). The zero-order valence-corrected chi connectivity index (χ0v) is 20.9. The number of thiophene rings is 1. The Balaban J connectivity index is 1.40. The number of carbonyl (C=O) groups excluding carboxylic acids is 1. The number of nitrogens with zero attached hydrogens (tertiary/aromatic N) is 1. The first-order valence-electron chi connectivity index (χ1n) is 11.8. The highest BCUT2D eigenvalue weighted by atomic mass is 32.1. The minimum Gasteiger partial charge on any atom is -0.492 e. The number of hydrogen-bond acceptors (Lipinski definition) is 5. The van der Waals surface area contributed by atoms with Gasteiger partial charge in [-0.25, -0.2) is 4.39 Å². The van der Waals surface area contributed by atoms with Crippen molar-refractivity contribution in [2.75, 3.05) is 26.2 Å². The van der Waals surface area contributed by atoms with Crippen molar-refractivity contribution in [1.82, 2.24) is 4.90 Å². The molecule has 0 spiro atoms. The number of fused-ring (bicyclic) bond motifs is 1. The van der Waals surface area contributed by atoms with Gasteiger partial charge in [-0.3, -0.25) is 14.5 Å². The smallest absolute Gasteiger partial charge is 0.309 e.